The Morgan fingerprint density at radius 2 is 1.56 bits per heavy atom. The third-order valence-corrected chi connectivity index (χ3v) is 4.77. The number of pyridine rings is 1. The number of hydrogen-bond acceptors (Lipinski definition) is 2. The summed E-state index contributed by atoms with van der Waals surface area (Å²) < 4.78 is 2.15. The molecule has 5 rings (SSSR count). The fourth-order valence-corrected chi connectivity index (χ4v) is 3.61. The molecule has 0 atom stereocenters. The van der Waals surface area contributed by atoms with Gasteiger partial charge in [-0.3, -0.25) is 4.79 Å². The number of aromatic nitrogens is 1. The fourth-order valence-electron chi connectivity index (χ4n) is 3.61. The quantitative estimate of drug-likeness (QED) is 0.513. The number of fused-ring (bicyclic) bond motifs is 2. The van der Waals surface area contributed by atoms with Crippen LogP contribution in [0.15, 0.2) is 83.8 Å². The maximum atomic E-state index is 13.0. The first-order chi connectivity index (χ1) is 12.3. The largest absolute Gasteiger partial charge is 0.352 e. The predicted octanol–water partition coefficient (Wildman–Crippen LogP) is 4.64. The van der Waals surface area contributed by atoms with Gasteiger partial charge < -0.3 is 9.88 Å². The Labute approximate surface area is 145 Å². The predicted molar refractivity (Wildman–Crippen MR) is 102 cm³/mol. The molecule has 0 fully saturated rings. The number of rotatable bonds is 2. The zero-order valence-corrected chi connectivity index (χ0v) is 13.6. The molecule has 3 nitrogen and oxygen atoms in total. The summed E-state index contributed by atoms with van der Waals surface area (Å²) in [7, 11) is 0. The molecule has 0 radical (unpaired) electrons. The topological polar surface area (TPSA) is 34.0 Å². The molecule has 0 saturated heterocycles. The van der Waals surface area contributed by atoms with Gasteiger partial charge in [0.15, 0.2) is 5.43 Å². The highest BCUT2D eigenvalue weighted by Gasteiger charge is 2.19. The lowest BCUT2D eigenvalue weighted by Gasteiger charge is -2.24. The molecular formula is C22H16N2O. The van der Waals surface area contributed by atoms with Gasteiger partial charge in [-0.2, -0.15) is 0 Å². The van der Waals surface area contributed by atoms with Crippen LogP contribution in [-0.4, -0.2) is 4.57 Å². The third-order valence-electron chi connectivity index (χ3n) is 4.77. The Morgan fingerprint density at radius 3 is 2.44 bits per heavy atom. The van der Waals surface area contributed by atoms with Gasteiger partial charge in [-0.15, -0.1) is 0 Å². The van der Waals surface area contributed by atoms with E-state index >= 15 is 0 Å². The zero-order chi connectivity index (χ0) is 16.8. The Balaban J connectivity index is 1.81. The normalized spacial score (nSPS) is 11.8. The van der Waals surface area contributed by atoms with Crippen LogP contribution < -0.4 is 10.7 Å². The Hall–Kier alpha value is -3.33. The second kappa shape index (κ2) is 5.35. The summed E-state index contributed by atoms with van der Waals surface area (Å²) in [5.74, 6) is 0. The summed E-state index contributed by atoms with van der Waals surface area (Å²) in [6.07, 6.45) is 2.64. The van der Waals surface area contributed by atoms with Crippen molar-refractivity contribution in [1.82, 2.24) is 4.57 Å². The van der Waals surface area contributed by atoms with Crippen molar-refractivity contribution < 1.29 is 0 Å². The third kappa shape index (κ3) is 2.17. The van der Waals surface area contributed by atoms with E-state index in [-0.39, 0.29) is 5.43 Å². The van der Waals surface area contributed by atoms with Crippen molar-refractivity contribution in [2.45, 2.75) is 6.42 Å². The molecule has 0 bridgehead atoms. The first-order valence-corrected chi connectivity index (χ1v) is 8.39. The standard InChI is InChI=1S/C22H16N2O/c25-22-16(13-15-7-2-1-3-8-15)14-24-20-12-5-4-10-18(20)23-19-11-6-9-17(22)21(19)24/h1-12,14,23H,13H2. The highest BCUT2D eigenvalue weighted by molar-refractivity contribution is 5.97. The van der Waals surface area contributed by atoms with E-state index in [1.807, 2.05) is 54.7 Å². The van der Waals surface area contributed by atoms with Crippen molar-refractivity contribution in [2.75, 3.05) is 5.32 Å². The van der Waals surface area contributed by atoms with Gasteiger partial charge in [0, 0.05) is 23.6 Å². The molecule has 2 heterocycles. The average Bonchev–Trinajstić information content (AvgIpc) is 2.66. The van der Waals surface area contributed by atoms with Gasteiger partial charge in [-0.25, -0.2) is 0 Å². The molecule has 0 aliphatic carbocycles. The second-order valence-corrected chi connectivity index (χ2v) is 6.36. The molecule has 3 aromatic carbocycles. The summed E-state index contributed by atoms with van der Waals surface area (Å²) in [5.41, 5.74) is 6.11. The van der Waals surface area contributed by atoms with E-state index in [9.17, 15) is 4.79 Å². The lowest BCUT2D eigenvalue weighted by Crippen LogP contribution is -2.18. The van der Waals surface area contributed by atoms with E-state index in [2.05, 4.69) is 34.1 Å². The van der Waals surface area contributed by atoms with Crippen LogP contribution in [-0.2, 0) is 6.42 Å². The summed E-state index contributed by atoms with van der Waals surface area (Å²) in [6.45, 7) is 0. The highest BCUT2D eigenvalue weighted by Crippen LogP contribution is 2.35. The van der Waals surface area contributed by atoms with E-state index in [0.717, 1.165) is 39.1 Å². The minimum Gasteiger partial charge on any atom is -0.352 e. The molecule has 0 amide bonds. The van der Waals surface area contributed by atoms with Crippen LogP contribution in [0, 0.1) is 0 Å². The number of nitrogens with one attached hydrogen (secondary N) is 1. The molecule has 4 aromatic rings. The summed E-state index contributed by atoms with van der Waals surface area (Å²) in [6, 6.07) is 24.2. The van der Waals surface area contributed by atoms with Gasteiger partial charge in [0.05, 0.1) is 22.6 Å². The second-order valence-electron chi connectivity index (χ2n) is 6.36. The van der Waals surface area contributed by atoms with Gasteiger partial charge in [0.25, 0.3) is 0 Å². The molecule has 1 aromatic heterocycles. The van der Waals surface area contributed by atoms with Gasteiger partial charge in [0.1, 0.15) is 0 Å². The number of benzene rings is 3. The first-order valence-electron chi connectivity index (χ1n) is 8.39. The van der Waals surface area contributed by atoms with Crippen LogP contribution in [0.1, 0.15) is 11.1 Å². The van der Waals surface area contributed by atoms with Crippen molar-refractivity contribution in [3.05, 3.63) is 100 Å². The van der Waals surface area contributed by atoms with E-state index < -0.39 is 0 Å². The van der Waals surface area contributed by atoms with Crippen molar-refractivity contribution >= 4 is 22.3 Å². The van der Waals surface area contributed by atoms with Crippen LogP contribution in [0.3, 0.4) is 0 Å². The molecule has 1 aliphatic rings. The number of anilines is 2. The summed E-state index contributed by atoms with van der Waals surface area (Å²) >= 11 is 0. The Morgan fingerprint density at radius 1 is 0.800 bits per heavy atom. The maximum Gasteiger partial charge on any atom is 0.193 e. The van der Waals surface area contributed by atoms with E-state index in [1.54, 1.807) is 0 Å². The first kappa shape index (κ1) is 14.1. The van der Waals surface area contributed by atoms with Crippen LogP contribution in [0.2, 0.25) is 0 Å². The van der Waals surface area contributed by atoms with Crippen LogP contribution in [0.25, 0.3) is 16.6 Å². The van der Waals surface area contributed by atoms with Crippen molar-refractivity contribution in [3.63, 3.8) is 0 Å². The summed E-state index contributed by atoms with van der Waals surface area (Å²) in [5, 5.41) is 4.20. The SMILES string of the molecule is O=c1c(Cc2ccccc2)cn2c3c(cccc13)Nc1ccccc1-2. The van der Waals surface area contributed by atoms with Gasteiger partial charge in [-0.05, 0) is 29.8 Å². The molecule has 1 aliphatic heterocycles. The Bertz CT molecular complexity index is 1160. The average molecular weight is 324 g/mol. The van der Waals surface area contributed by atoms with Crippen LogP contribution in [0.5, 0.6) is 0 Å². The molecule has 1 N–H and O–H groups in total. The highest BCUT2D eigenvalue weighted by atomic mass is 16.1. The molecule has 0 saturated carbocycles. The smallest absolute Gasteiger partial charge is 0.193 e. The molecular weight excluding hydrogens is 308 g/mol. The van der Waals surface area contributed by atoms with Gasteiger partial charge in [-0.1, -0.05) is 48.5 Å². The van der Waals surface area contributed by atoms with Crippen molar-refractivity contribution in [2.24, 2.45) is 0 Å². The molecule has 3 heteroatoms. The number of hydrogen-bond donors (Lipinski definition) is 1. The van der Waals surface area contributed by atoms with Crippen molar-refractivity contribution in [3.8, 4) is 5.69 Å². The zero-order valence-electron chi connectivity index (χ0n) is 13.6. The minimum atomic E-state index is 0.109. The summed E-state index contributed by atoms with van der Waals surface area (Å²) in [4.78, 5) is 13.0. The van der Waals surface area contributed by atoms with Gasteiger partial charge >= 0.3 is 0 Å². The lowest BCUT2D eigenvalue weighted by molar-refractivity contribution is 1.03. The molecule has 0 unspecified atom stereocenters. The molecule has 120 valence electrons. The molecule has 25 heavy (non-hydrogen) atoms. The van der Waals surface area contributed by atoms with E-state index in [1.165, 1.54) is 0 Å². The van der Waals surface area contributed by atoms with Gasteiger partial charge in [0.2, 0.25) is 0 Å². The van der Waals surface area contributed by atoms with E-state index in [4.69, 9.17) is 0 Å². The molecule has 0 spiro atoms. The monoisotopic (exact) mass is 324 g/mol. The Kier molecular flexibility index (Phi) is 3.01. The van der Waals surface area contributed by atoms with Crippen LogP contribution >= 0.6 is 0 Å². The fraction of sp³-hybridized carbons (Fsp3) is 0.0455. The van der Waals surface area contributed by atoms with Crippen molar-refractivity contribution in [1.29, 1.82) is 0 Å². The minimum absolute atomic E-state index is 0.109. The maximum absolute atomic E-state index is 13.0. The van der Waals surface area contributed by atoms with Crippen LogP contribution in [0.4, 0.5) is 11.4 Å². The lowest BCUT2D eigenvalue weighted by atomic mass is 10.0. The van der Waals surface area contributed by atoms with E-state index in [0.29, 0.717) is 6.42 Å². The number of para-hydroxylation sites is 3. The number of nitrogens with zero attached hydrogens (tertiary/aromatic N) is 1.